The van der Waals surface area contributed by atoms with Crippen LogP contribution in [0.1, 0.15) is 20.3 Å². The molecule has 0 aromatic carbocycles. The van der Waals surface area contributed by atoms with Crippen LogP contribution in [0.3, 0.4) is 0 Å². The van der Waals surface area contributed by atoms with Crippen LogP contribution in [0.25, 0.3) is 0 Å². The highest BCUT2D eigenvalue weighted by molar-refractivity contribution is 5.71. The fourth-order valence-electron chi connectivity index (χ4n) is 1.77. The Morgan fingerprint density at radius 3 is 1.59 bits per heavy atom. The lowest BCUT2D eigenvalue weighted by Crippen LogP contribution is -2.70. The van der Waals surface area contributed by atoms with Gasteiger partial charge in [-0.25, -0.2) is 0 Å². The van der Waals surface area contributed by atoms with Crippen LogP contribution in [-0.2, 0) is 14.3 Å². The molecule has 0 saturated carbocycles. The molecule has 0 rings (SSSR count). The Morgan fingerprint density at radius 1 is 0.750 bits per heavy atom. The minimum atomic E-state index is -7.96. The highest BCUT2D eigenvalue weighted by Crippen LogP contribution is 2.60. The molecule has 1 unspecified atom stereocenters. The molecule has 0 aliphatic rings. The molecule has 0 aliphatic carbocycles. The third-order valence-electron chi connectivity index (χ3n) is 3.76. The number of hydrogen-bond donors (Lipinski definition) is 1. The first-order valence-electron chi connectivity index (χ1n) is 8.35. The maximum Gasteiger partial charge on any atom is 0.460 e. The first-order chi connectivity index (χ1) is 14.0. The second-order valence-corrected chi connectivity index (χ2v) is 6.76. The number of esters is 1. The molecular weight excluding hydrogens is 491 g/mol. The Morgan fingerprint density at radius 2 is 1.19 bits per heavy atom. The molecule has 0 bridgehead atoms. The average molecular weight is 508 g/mol. The van der Waals surface area contributed by atoms with Crippen LogP contribution in [0.2, 0.25) is 0 Å². The van der Waals surface area contributed by atoms with E-state index in [-0.39, 0.29) is 0 Å². The molecular formula is C15H17F13O4. The van der Waals surface area contributed by atoms with Crippen LogP contribution >= 0.6 is 0 Å². The molecule has 1 N–H and O–H groups in total. The van der Waals surface area contributed by atoms with Crippen molar-refractivity contribution in [3.8, 4) is 0 Å². The summed E-state index contributed by atoms with van der Waals surface area (Å²) in [4.78, 5) is 11.1. The Labute approximate surface area is 171 Å². The van der Waals surface area contributed by atoms with Gasteiger partial charge >= 0.3 is 41.8 Å². The minimum Gasteiger partial charge on any atom is -0.463 e. The summed E-state index contributed by atoms with van der Waals surface area (Å²) in [7, 11) is 0. The smallest absolute Gasteiger partial charge is 0.460 e. The standard InChI is InChI=1S/C15H17F13O4/c1-7(2)9(30)32-6-8(29)5-31-4-3-10(16,17)11(18,19)12(20,21)13(22,23)14(24,25)15(26,27)28/h7-8,29H,3-6H2,1-2H3. The maximum atomic E-state index is 13.5. The van der Waals surface area contributed by atoms with Crippen LogP contribution in [0.4, 0.5) is 57.1 Å². The summed E-state index contributed by atoms with van der Waals surface area (Å²) in [5.74, 6) is -38.7. The quantitative estimate of drug-likeness (QED) is 0.236. The second-order valence-electron chi connectivity index (χ2n) is 6.76. The highest BCUT2D eigenvalue weighted by Gasteiger charge is 2.90. The number of ether oxygens (including phenoxy) is 2. The SMILES string of the molecule is CC(C)C(=O)OCC(O)COCCC(F)(F)C(F)(F)C(F)(F)C(F)(F)C(F)(F)C(F)(F)F. The van der Waals surface area contributed by atoms with E-state index in [1.54, 1.807) is 0 Å². The van der Waals surface area contributed by atoms with E-state index >= 15 is 0 Å². The molecule has 0 amide bonds. The van der Waals surface area contributed by atoms with Crippen LogP contribution in [0.5, 0.6) is 0 Å². The number of halogens is 13. The Kier molecular flexibility index (Phi) is 9.30. The summed E-state index contributed by atoms with van der Waals surface area (Å²) in [6, 6.07) is 0. The number of carbonyl (C=O) groups excluding carboxylic acids is 1. The number of carbonyl (C=O) groups is 1. The number of aliphatic hydroxyl groups is 1. The van der Waals surface area contributed by atoms with E-state index in [1.165, 1.54) is 13.8 Å². The number of alkyl halides is 13. The van der Waals surface area contributed by atoms with Crippen LogP contribution < -0.4 is 0 Å². The molecule has 0 heterocycles. The van der Waals surface area contributed by atoms with Gasteiger partial charge in [0.2, 0.25) is 0 Å². The zero-order valence-corrected chi connectivity index (χ0v) is 16.1. The molecule has 32 heavy (non-hydrogen) atoms. The van der Waals surface area contributed by atoms with Crippen molar-refractivity contribution in [1.29, 1.82) is 0 Å². The summed E-state index contributed by atoms with van der Waals surface area (Å²) in [5.41, 5.74) is 0. The third-order valence-corrected chi connectivity index (χ3v) is 3.76. The molecule has 0 fully saturated rings. The lowest BCUT2D eigenvalue weighted by molar-refractivity contribution is -0.440. The topological polar surface area (TPSA) is 55.8 Å². The Hall–Kier alpha value is -1.52. The van der Waals surface area contributed by atoms with Crippen molar-refractivity contribution in [3.63, 3.8) is 0 Å². The Balaban J connectivity index is 5.23. The highest BCUT2D eigenvalue weighted by atomic mass is 19.4. The molecule has 0 aliphatic heterocycles. The van der Waals surface area contributed by atoms with Gasteiger partial charge < -0.3 is 14.6 Å². The molecule has 17 heteroatoms. The molecule has 0 spiro atoms. The van der Waals surface area contributed by atoms with Crippen molar-refractivity contribution in [2.24, 2.45) is 5.92 Å². The predicted octanol–water partition coefficient (Wildman–Crippen LogP) is 4.69. The normalized spacial score (nSPS) is 15.8. The van der Waals surface area contributed by atoms with E-state index in [4.69, 9.17) is 0 Å². The summed E-state index contributed by atoms with van der Waals surface area (Å²) in [5, 5.41) is 9.32. The molecule has 4 nitrogen and oxygen atoms in total. The van der Waals surface area contributed by atoms with E-state index in [1.807, 2.05) is 0 Å². The van der Waals surface area contributed by atoms with Gasteiger partial charge in [-0.15, -0.1) is 0 Å². The van der Waals surface area contributed by atoms with Gasteiger partial charge in [0.15, 0.2) is 0 Å². The van der Waals surface area contributed by atoms with Crippen molar-refractivity contribution >= 4 is 5.97 Å². The number of hydrogen-bond acceptors (Lipinski definition) is 4. The van der Waals surface area contributed by atoms with Gasteiger partial charge in [-0.05, 0) is 0 Å². The van der Waals surface area contributed by atoms with Crippen LogP contribution in [0, 0.1) is 5.92 Å². The molecule has 1 atom stereocenters. The number of aliphatic hydroxyl groups excluding tert-OH is 1. The van der Waals surface area contributed by atoms with Gasteiger partial charge in [0, 0.05) is 6.42 Å². The van der Waals surface area contributed by atoms with E-state index < -0.39 is 80.0 Å². The van der Waals surface area contributed by atoms with E-state index in [2.05, 4.69) is 9.47 Å². The lowest BCUT2D eigenvalue weighted by Gasteiger charge is -2.39. The summed E-state index contributed by atoms with van der Waals surface area (Å²) in [6.07, 6.45) is -11.7. The van der Waals surface area contributed by atoms with E-state index in [0.717, 1.165) is 0 Å². The maximum absolute atomic E-state index is 13.5. The summed E-state index contributed by atoms with van der Waals surface area (Å²) < 4.78 is 176. The van der Waals surface area contributed by atoms with Crippen molar-refractivity contribution in [2.75, 3.05) is 19.8 Å². The third kappa shape index (κ3) is 5.88. The summed E-state index contributed by atoms with van der Waals surface area (Å²) >= 11 is 0. The van der Waals surface area contributed by atoms with Gasteiger partial charge in [-0.2, -0.15) is 57.1 Å². The van der Waals surface area contributed by atoms with Gasteiger partial charge in [-0.1, -0.05) is 13.8 Å². The fourth-order valence-corrected chi connectivity index (χ4v) is 1.77. The molecule has 0 aromatic heterocycles. The lowest BCUT2D eigenvalue weighted by atomic mass is 9.93. The predicted molar refractivity (Wildman–Crippen MR) is 78.0 cm³/mol. The fraction of sp³-hybridized carbons (Fsp3) is 0.933. The van der Waals surface area contributed by atoms with Crippen LogP contribution in [0.15, 0.2) is 0 Å². The van der Waals surface area contributed by atoms with E-state index in [9.17, 15) is 67.0 Å². The first-order valence-corrected chi connectivity index (χ1v) is 8.35. The largest absolute Gasteiger partial charge is 0.463 e. The van der Waals surface area contributed by atoms with Crippen molar-refractivity contribution in [1.82, 2.24) is 0 Å². The van der Waals surface area contributed by atoms with Gasteiger partial charge in [0.05, 0.1) is 19.1 Å². The first kappa shape index (κ1) is 30.5. The average Bonchev–Trinajstić information content (AvgIpc) is 2.61. The van der Waals surface area contributed by atoms with Crippen LogP contribution in [-0.4, -0.2) is 72.8 Å². The number of rotatable bonds is 12. The molecule has 0 aromatic rings. The van der Waals surface area contributed by atoms with Gasteiger partial charge in [-0.3, -0.25) is 4.79 Å². The monoisotopic (exact) mass is 508 g/mol. The molecule has 192 valence electrons. The Bertz CT molecular complexity index is 631. The minimum absolute atomic E-state index is 0.631. The van der Waals surface area contributed by atoms with E-state index in [0.29, 0.717) is 0 Å². The van der Waals surface area contributed by atoms with Crippen molar-refractivity contribution < 1.29 is 76.5 Å². The van der Waals surface area contributed by atoms with Crippen molar-refractivity contribution in [2.45, 2.75) is 62.2 Å². The second kappa shape index (κ2) is 9.77. The van der Waals surface area contributed by atoms with Gasteiger partial charge in [0.25, 0.3) is 0 Å². The summed E-state index contributed by atoms with van der Waals surface area (Å²) in [6.45, 7) is -0.629. The zero-order chi connectivity index (χ0) is 26.0. The zero-order valence-electron chi connectivity index (χ0n) is 16.1. The molecule has 0 radical (unpaired) electrons. The molecule has 0 saturated heterocycles. The van der Waals surface area contributed by atoms with Crippen molar-refractivity contribution in [3.05, 3.63) is 0 Å². The van der Waals surface area contributed by atoms with Gasteiger partial charge in [0.1, 0.15) is 12.7 Å².